The number of aryl methyl sites for hydroxylation is 1. The Labute approximate surface area is 259 Å². The zero-order valence-electron chi connectivity index (χ0n) is 24.0. The maximum atomic E-state index is 8.12. The standard InChI is InChI=1S/2C14H19N3.2CO2.2ClH/c1-2-14-13(11-16-17(14)9-8-15)10-12-6-4-3-5-7-12;1-2-14-11-13(16-17(14)9-8-15)10-12-6-4-3-5-7-12;2*2-1-3;;/h2*3-7,11H,2,8-10,15H2,1H3;;;2*1H. The van der Waals surface area contributed by atoms with Crippen molar-refractivity contribution in [3.05, 3.63) is 107 Å². The van der Waals surface area contributed by atoms with Gasteiger partial charge in [0.1, 0.15) is 0 Å². The largest absolute Gasteiger partial charge is 0.373 e. The minimum atomic E-state index is 0. The highest BCUT2D eigenvalue weighted by Gasteiger charge is 2.09. The van der Waals surface area contributed by atoms with Gasteiger partial charge in [-0.2, -0.15) is 29.4 Å². The number of hydrogen-bond donors (Lipinski definition) is 2. The van der Waals surface area contributed by atoms with Crippen molar-refractivity contribution in [3.63, 3.8) is 0 Å². The Balaban J connectivity index is 0. The number of aromatic nitrogens is 4. The smallest absolute Gasteiger partial charge is 0.329 e. The molecule has 0 saturated carbocycles. The van der Waals surface area contributed by atoms with Crippen LogP contribution in [-0.2, 0) is 58.0 Å². The molecular weight excluding hydrogens is 579 g/mol. The zero-order valence-corrected chi connectivity index (χ0v) is 25.6. The van der Waals surface area contributed by atoms with E-state index < -0.39 is 0 Å². The lowest BCUT2D eigenvalue weighted by Gasteiger charge is -2.06. The molecule has 0 aliphatic carbocycles. The fourth-order valence-electron chi connectivity index (χ4n) is 4.14. The molecule has 2 aromatic carbocycles. The summed E-state index contributed by atoms with van der Waals surface area (Å²) in [5, 5.41) is 9.01. The average molecular weight is 620 g/mol. The number of nitrogens with two attached hydrogens (primary N) is 2. The molecule has 4 aromatic rings. The summed E-state index contributed by atoms with van der Waals surface area (Å²) in [6.45, 7) is 7.20. The number of halogens is 2. The fraction of sp³-hybridized carbons (Fsp3) is 0.333. The maximum absolute atomic E-state index is 8.12. The zero-order chi connectivity index (χ0) is 29.6. The number of rotatable bonds is 10. The molecule has 0 amide bonds. The normalized spacial score (nSPS) is 9.05. The van der Waals surface area contributed by atoms with Crippen molar-refractivity contribution >= 4 is 37.1 Å². The SMILES string of the molecule is CCc1c(Cc2ccccc2)cnn1CCN.CCc1cc(Cc2ccccc2)nn1CCN.Cl.Cl.O=C=O.O=C=O. The lowest BCUT2D eigenvalue weighted by Crippen LogP contribution is -2.13. The van der Waals surface area contributed by atoms with Crippen LogP contribution in [0.1, 0.15) is 47.6 Å². The van der Waals surface area contributed by atoms with Crippen LogP contribution in [0.5, 0.6) is 0 Å². The van der Waals surface area contributed by atoms with E-state index in [2.05, 4.69) is 78.6 Å². The van der Waals surface area contributed by atoms with Crippen LogP contribution < -0.4 is 11.5 Å². The van der Waals surface area contributed by atoms with Gasteiger partial charge in [0.2, 0.25) is 0 Å². The van der Waals surface area contributed by atoms with Crippen molar-refractivity contribution in [3.8, 4) is 0 Å². The van der Waals surface area contributed by atoms with Gasteiger partial charge in [0.05, 0.1) is 25.0 Å². The van der Waals surface area contributed by atoms with Gasteiger partial charge < -0.3 is 11.5 Å². The minimum absolute atomic E-state index is 0. The van der Waals surface area contributed by atoms with Gasteiger partial charge in [-0.25, -0.2) is 0 Å². The summed E-state index contributed by atoms with van der Waals surface area (Å²) in [6, 6.07) is 23.1. The van der Waals surface area contributed by atoms with E-state index in [1.807, 2.05) is 27.7 Å². The molecule has 0 saturated heterocycles. The van der Waals surface area contributed by atoms with Crippen molar-refractivity contribution in [2.24, 2.45) is 11.5 Å². The molecule has 0 fully saturated rings. The van der Waals surface area contributed by atoms with E-state index in [-0.39, 0.29) is 37.1 Å². The molecule has 12 heteroatoms. The molecule has 4 N–H and O–H groups in total. The predicted octanol–water partition coefficient (Wildman–Crippen LogP) is 3.67. The average Bonchev–Trinajstić information content (AvgIpc) is 3.54. The lowest BCUT2D eigenvalue weighted by atomic mass is 10.0. The monoisotopic (exact) mass is 618 g/mol. The van der Waals surface area contributed by atoms with Gasteiger partial charge in [0.15, 0.2) is 0 Å². The molecular formula is C30H40Cl2N6O4. The summed E-state index contributed by atoms with van der Waals surface area (Å²) < 4.78 is 4.05. The van der Waals surface area contributed by atoms with Gasteiger partial charge >= 0.3 is 12.3 Å². The Kier molecular flexibility index (Phi) is 23.8. The first-order valence-electron chi connectivity index (χ1n) is 13.1. The highest BCUT2D eigenvalue weighted by Crippen LogP contribution is 2.15. The molecule has 42 heavy (non-hydrogen) atoms. The Morgan fingerprint density at radius 1 is 0.714 bits per heavy atom. The topological polar surface area (TPSA) is 156 Å². The van der Waals surface area contributed by atoms with Crippen molar-refractivity contribution < 1.29 is 19.2 Å². The summed E-state index contributed by atoms with van der Waals surface area (Å²) in [6.07, 6.45) is 6.32. The summed E-state index contributed by atoms with van der Waals surface area (Å²) in [4.78, 5) is 32.5. The number of carbonyl (C=O) groups excluding carboxylic acids is 4. The van der Waals surface area contributed by atoms with Crippen LogP contribution >= 0.6 is 24.8 Å². The van der Waals surface area contributed by atoms with Crippen molar-refractivity contribution in [2.45, 2.75) is 52.6 Å². The summed E-state index contributed by atoms with van der Waals surface area (Å²) in [5.74, 6) is 0. The number of nitrogens with zero attached hydrogens (tertiary/aromatic N) is 4. The third kappa shape index (κ3) is 14.7. The van der Waals surface area contributed by atoms with Gasteiger partial charge in [-0.05, 0) is 35.6 Å². The maximum Gasteiger partial charge on any atom is 0.373 e. The quantitative estimate of drug-likeness (QED) is 0.272. The molecule has 0 bridgehead atoms. The van der Waals surface area contributed by atoms with E-state index in [1.165, 1.54) is 28.1 Å². The molecule has 0 spiro atoms. The molecule has 228 valence electrons. The molecule has 10 nitrogen and oxygen atoms in total. The lowest BCUT2D eigenvalue weighted by molar-refractivity contribution is -0.193. The number of benzene rings is 2. The second kappa shape index (κ2) is 24.9. The van der Waals surface area contributed by atoms with Gasteiger partial charge in [0, 0.05) is 37.3 Å². The van der Waals surface area contributed by atoms with Crippen LogP contribution in [0.25, 0.3) is 0 Å². The first kappa shape index (κ1) is 40.3. The van der Waals surface area contributed by atoms with Gasteiger partial charge in [-0.1, -0.05) is 74.5 Å². The predicted molar refractivity (Wildman–Crippen MR) is 164 cm³/mol. The summed E-state index contributed by atoms with van der Waals surface area (Å²) >= 11 is 0. The Hall–Kier alpha value is -3.88. The van der Waals surface area contributed by atoms with Crippen LogP contribution in [0.15, 0.2) is 72.9 Å². The van der Waals surface area contributed by atoms with Crippen LogP contribution in [0, 0.1) is 0 Å². The molecule has 0 atom stereocenters. The number of hydrogen-bond acceptors (Lipinski definition) is 8. The first-order valence-corrected chi connectivity index (χ1v) is 13.1. The second-order valence-electron chi connectivity index (χ2n) is 8.47. The van der Waals surface area contributed by atoms with E-state index in [0.29, 0.717) is 13.1 Å². The van der Waals surface area contributed by atoms with E-state index in [0.717, 1.165) is 44.5 Å². The van der Waals surface area contributed by atoms with Crippen molar-refractivity contribution in [1.82, 2.24) is 19.6 Å². The van der Waals surface area contributed by atoms with Crippen LogP contribution in [0.4, 0.5) is 0 Å². The van der Waals surface area contributed by atoms with Crippen molar-refractivity contribution in [2.75, 3.05) is 13.1 Å². The Morgan fingerprint density at radius 3 is 1.64 bits per heavy atom. The molecule has 2 heterocycles. The molecule has 0 aliphatic rings. The van der Waals surface area contributed by atoms with Crippen molar-refractivity contribution in [1.29, 1.82) is 0 Å². The third-order valence-corrected chi connectivity index (χ3v) is 5.79. The van der Waals surface area contributed by atoms with Gasteiger partial charge in [0.25, 0.3) is 0 Å². The minimum Gasteiger partial charge on any atom is -0.329 e. The molecule has 4 rings (SSSR count). The summed E-state index contributed by atoms with van der Waals surface area (Å²) in [7, 11) is 0. The van der Waals surface area contributed by atoms with E-state index in [4.69, 9.17) is 30.6 Å². The second-order valence-corrected chi connectivity index (χ2v) is 8.47. The molecule has 0 aliphatic heterocycles. The first-order chi connectivity index (χ1) is 19.5. The Bertz CT molecular complexity index is 1290. The molecule has 0 radical (unpaired) electrons. The van der Waals surface area contributed by atoms with Gasteiger partial charge in [-0.15, -0.1) is 24.8 Å². The van der Waals surface area contributed by atoms with E-state index >= 15 is 0 Å². The summed E-state index contributed by atoms with van der Waals surface area (Å²) in [5.41, 5.74) is 18.8. The highest BCUT2D eigenvalue weighted by atomic mass is 35.5. The molecule has 0 unspecified atom stereocenters. The fourth-order valence-corrected chi connectivity index (χ4v) is 4.14. The molecule has 2 aromatic heterocycles. The van der Waals surface area contributed by atoms with Crippen LogP contribution in [0.2, 0.25) is 0 Å². The Morgan fingerprint density at radius 2 is 1.19 bits per heavy atom. The highest BCUT2D eigenvalue weighted by molar-refractivity contribution is 5.85. The van der Waals surface area contributed by atoms with E-state index in [1.54, 1.807) is 0 Å². The van der Waals surface area contributed by atoms with E-state index in [9.17, 15) is 0 Å². The van der Waals surface area contributed by atoms with Crippen LogP contribution in [0.3, 0.4) is 0 Å². The van der Waals surface area contributed by atoms with Gasteiger partial charge in [-0.3, -0.25) is 9.36 Å². The van der Waals surface area contributed by atoms with Crippen LogP contribution in [-0.4, -0.2) is 45.0 Å². The third-order valence-electron chi connectivity index (χ3n) is 5.79.